The molecule has 9 heteroatoms. The number of nitrogens with zero attached hydrogens (tertiary/aromatic N) is 4. The second-order valence-electron chi connectivity index (χ2n) is 4.96. The summed E-state index contributed by atoms with van der Waals surface area (Å²) >= 11 is 6.90. The van der Waals surface area contributed by atoms with Crippen molar-refractivity contribution in [3.63, 3.8) is 0 Å². The highest BCUT2D eigenvalue weighted by molar-refractivity contribution is 7.91. The van der Waals surface area contributed by atoms with Gasteiger partial charge in [0.2, 0.25) is 0 Å². The van der Waals surface area contributed by atoms with Crippen LogP contribution in [0.4, 0.5) is 5.69 Å². The molecule has 6 nitrogen and oxygen atoms in total. The zero-order chi connectivity index (χ0) is 16.4. The maximum atomic E-state index is 12.5. The van der Waals surface area contributed by atoms with Crippen LogP contribution in [0.15, 0.2) is 34.7 Å². The lowest BCUT2D eigenvalue weighted by molar-refractivity contribution is 0.386. The summed E-state index contributed by atoms with van der Waals surface area (Å²) in [5.74, 6) is 0. The molecule has 23 heavy (non-hydrogen) atoms. The molecule has 1 saturated heterocycles. The Kier molecular flexibility index (Phi) is 4.55. The number of hydrogen-bond donors (Lipinski definition) is 0. The fourth-order valence-corrected chi connectivity index (χ4v) is 5.45. The molecule has 0 atom stereocenters. The molecule has 2 aromatic heterocycles. The van der Waals surface area contributed by atoms with Gasteiger partial charge >= 0.3 is 0 Å². The summed E-state index contributed by atoms with van der Waals surface area (Å²) in [6, 6.07) is 8.60. The van der Waals surface area contributed by atoms with E-state index in [0.717, 1.165) is 17.0 Å². The minimum Gasteiger partial charge on any atom is -0.368 e. The van der Waals surface area contributed by atoms with Gasteiger partial charge in [0.1, 0.15) is 16.0 Å². The van der Waals surface area contributed by atoms with E-state index in [4.69, 9.17) is 16.9 Å². The molecule has 0 radical (unpaired) electrons. The van der Waals surface area contributed by atoms with E-state index in [1.54, 1.807) is 24.4 Å². The minimum atomic E-state index is -3.48. The number of aromatic nitrogens is 1. The number of anilines is 1. The first-order valence-electron chi connectivity index (χ1n) is 6.87. The predicted octanol–water partition coefficient (Wildman–Crippen LogP) is 2.18. The number of hydrogen-bond acceptors (Lipinski definition) is 6. The lowest BCUT2D eigenvalue weighted by atomic mass is 10.3. The largest absolute Gasteiger partial charge is 0.368 e. The molecule has 0 spiro atoms. The van der Waals surface area contributed by atoms with Crippen LogP contribution in [0.2, 0.25) is 4.34 Å². The number of sulfonamides is 1. The lowest BCUT2D eigenvalue weighted by Crippen LogP contribution is -2.48. The van der Waals surface area contributed by atoms with E-state index in [1.807, 2.05) is 12.1 Å². The van der Waals surface area contributed by atoms with Gasteiger partial charge in [0.15, 0.2) is 0 Å². The van der Waals surface area contributed by atoms with Crippen LogP contribution >= 0.6 is 22.9 Å². The first-order valence-corrected chi connectivity index (χ1v) is 9.51. The first kappa shape index (κ1) is 16.2. The van der Waals surface area contributed by atoms with Crippen LogP contribution in [0.3, 0.4) is 0 Å². The normalized spacial score (nSPS) is 16.3. The van der Waals surface area contributed by atoms with Crippen molar-refractivity contribution in [3.05, 3.63) is 40.5 Å². The van der Waals surface area contributed by atoms with Gasteiger partial charge in [0, 0.05) is 26.2 Å². The zero-order valence-electron chi connectivity index (χ0n) is 12.0. The molecular formula is C14H13ClN4O2S2. The van der Waals surface area contributed by atoms with Crippen LogP contribution in [0, 0.1) is 11.3 Å². The molecule has 0 aliphatic carbocycles. The van der Waals surface area contributed by atoms with Gasteiger partial charge in [-0.1, -0.05) is 11.6 Å². The maximum Gasteiger partial charge on any atom is 0.252 e. The van der Waals surface area contributed by atoms with Gasteiger partial charge in [-0.2, -0.15) is 9.57 Å². The molecule has 0 unspecified atom stereocenters. The molecule has 0 amide bonds. The molecule has 1 fully saturated rings. The van der Waals surface area contributed by atoms with E-state index in [1.165, 1.54) is 4.31 Å². The number of rotatable bonds is 3. The molecule has 3 heterocycles. The standard InChI is InChI=1S/C14H13ClN4O2S2/c15-13-3-4-14(22-13)23(20,21)19-7-5-18(6-8-19)12-2-1-11(9-16)17-10-12/h1-4,10H,5-8H2. The van der Waals surface area contributed by atoms with Crippen molar-refractivity contribution in [3.8, 4) is 6.07 Å². The fourth-order valence-electron chi connectivity index (χ4n) is 2.39. The molecule has 0 bridgehead atoms. The molecule has 1 aliphatic rings. The SMILES string of the molecule is N#Cc1ccc(N2CCN(S(=O)(=O)c3ccc(Cl)s3)CC2)cn1. The van der Waals surface area contributed by atoms with E-state index in [-0.39, 0.29) is 4.21 Å². The molecule has 3 rings (SSSR count). The Bertz CT molecular complexity index is 834. The number of nitriles is 1. The monoisotopic (exact) mass is 368 g/mol. The van der Waals surface area contributed by atoms with Gasteiger partial charge in [0.25, 0.3) is 10.0 Å². The average Bonchev–Trinajstić information content (AvgIpc) is 3.02. The van der Waals surface area contributed by atoms with Crippen molar-refractivity contribution in [1.29, 1.82) is 5.26 Å². The molecule has 0 saturated carbocycles. The highest BCUT2D eigenvalue weighted by Crippen LogP contribution is 2.29. The fraction of sp³-hybridized carbons (Fsp3) is 0.286. The van der Waals surface area contributed by atoms with Gasteiger partial charge in [-0.25, -0.2) is 13.4 Å². The molecule has 0 N–H and O–H groups in total. The number of halogens is 1. The van der Waals surface area contributed by atoms with Crippen LogP contribution < -0.4 is 4.90 Å². The van der Waals surface area contributed by atoms with Crippen molar-refractivity contribution >= 4 is 38.6 Å². The lowest BCUT2D eigenvalue weighted by Gasteiger charge is -2.34. The van der Waals surface area contributed by atoms with E-state index in [2.05, 4.69) is 9.88 Å². The van der Waals surface area contributed by atoms with Crippen LogP contribution in [0.25, 0.3) is 0 Å². The molecule has 1 aliphatic heterocycles. The second-order valence-corrected chi connectivity index (χ2v) is 8.84. The van der Waals surface area contributed by atoms with Crippen molar-refractivity contribution < 1.29 is 8.42 Å². The van der Waals surface area contributed by atoms with Crippen molar-refractivity contribution in [1.82, 2.24) is 9.29 Å². The van der Waals surface area contributed by atoms with Crippen LogP contribution in [0.1, 0.15) is 5.69 Å². The summed E-state index contributed by atoms with van der Waals surface area (Å²) in [4.78, 5) is 6.10. The third-order valence-electron chi connectivity index (χ3n) is 3.61. The summed E-state index contributed by atoms with van der Waals surface area (Å²) in [7, 11) is -3.48. The van der Waals surface area contributed by atoms with E-state index >= 15 is 0 Å². The Balaban J connectivity index is 1.69. The smallest absolute Gasteiger partial charge is 0.252 e. The Morgan fingerprint density at radius 1 is 1.17 bits per heavy atom. The molecule has 120 valence electrons. The number of thiophene rings is 1. The van der Waals surface area contributed by atoms with Gasteiger partial charge in [-0.15, -0.1) is 11.3 Å². The Morgan fingerprint density at radius 2 is 1.91 bits per heavy atom. The van der Waals surface area contributed by atoms with Gasteiger partial charge in [0.05, 0.1) is 16.2 Å². The first-order chi connectivity index (χ1) is 11.0. The number of piperazine rings is 1. The quantitative estimate of drug-likeness (QED) is 0.829. The highest BCUT2D eigenvalue weighted by atomic mass is 35.5. The Morgan fingerprint density at radius 3 is 2.43 bits per heavy atom. The van der Waals surface area contributed by atoms with E-state index in [9.17, 15) is 8.42 Å². The van der Waals surface area contributed by atoms with E-state index in [0.29, 0.717) is 36.2 Å². The summed E-state index contributed by atoms with van der Waals surface area (Å²) in [5, 5.41) is 8.77. The van der Waals surface area contributed by atoms with Crippen LogP contribution in [0.5, 0.6) is 0 Å². The molecule has 2 aromatic rings. The molecular weight excluding hydrogens is 356 g/mol. The van der Waals surface area contributed by atoms with Crippen LogP contribution in [-0.4, -0.2) is 43.9 Å². The Labute approximate surface area is 143 Å². The summed E-state index contributed by atoms with van der Waals surface area (Å²) in [5.41, 5.74) is 1.25. The second kappa shape index (κ2) is 6.45. The summed E-state index contributed by atoms with van der Waals surface area (Å²) in [6.07, 6.45) is 1.64. The van der Waals surface area contributed by atoms with Crippen LogP contribution in [-0.2, 0) is 10.0 Å². The predicted molar refractivity (Wildman–Crippen MR) is 89.3 cm³/mol. The minimum absolute atomic E-state index is 0.274. The van der Waals surface area contributed by atoms with Crippen molar-refractivity contribution in [2.75, 3.05) is 31.1 Å². The third-order valence-corrected chi connectivity index (χ3v) is 7.21. The number of pyridine rings is 1. The zero-order valence-corrected chi connectivity index (χ0v) is 14.4. The van der Waals surface area contributed by atoms with Gasteiger partial charge in [-0.3, -0.25) is 0 Å². The molecule has 0 aromatic carbocycles. The third kappa shape index (κ3) is 3.33. The maximum absolute atomic E-state index is 12.5. The Hall–Kier alpha value is -1.66. The topological polar surface area (TPSA) is 77.3 Å². The van der Waals surface area contributed by atoms with Crippen molar-refractivity contribution in [2.24, 2.45) is 0 Å². The summed E-state index contributed by atoms with van der Waals surface area (Å²) in [6.45, 7) is 1.95. The van der Waals surface area contributed by atoms with Crippen molar-refractivity contribution in [2.45, 2.75) is 4.21 Å². The average molecular weight is 369 g/mol. The summed E-state index contributed by atoms with van der Waals surface area (Å²) < 4.78 is 27.3. The van der Waals surface area contributed by atoms with E-state index < -0.39 is 10.0 Å². The highest BCUT2D eigenvalue weighted by Gasteiger charge is 2.29. The van der Waals surface area contributed by atoms with Gasteiger partial charge in [-0.05, 0) is 24.3 Å². The van der Waals surface area contributed by atoms with Gasteiger partial charge < -0.3 is 4.90 Å².